The molecular formula is C21H22N2O9. The fraction of sp³-hybridized carbons (Fsp3) is 0.381. The molecule has 1 fully saturated rings. The summed E-state index contributed by atoms with van der Waals surface area (Å²) in [7, 11) is 0. The maximum absolute atomic E-state index is 12.7. The molecule has 1 saturated heterocycles. The minimum absolute atomic E-state index is 0.0863. The van der Waals surface area contributed by atoms with E-state index in [-0.39, 0.29) is 5.56 Å². The third-order valence-electron chi connectivity index (χ3n) is 4.56. The first kappa shape index (κ1) is 19.0. The number of aromatic amines is 1. The Bertz CT molecular complexity index is 1180. The summed E-state index contributed by atoms with van der Waals surface area (Å²) in [5, 5.41) is 0. The minimum Gasteiger partial charge on any atom is -0.463 e. The molecule has 1 aromatic heterocycles. The number of carbonyl (C=O) groups is 3. The number of hydrogen-bond donors (Lipinski definition) is 1. The number of hydrogen-bond acceptors (Lipinski definition) is 9. The molecule has 0 spiro atoms. The number of nitrogens with zero attached hydrogens (tertiary/aromatic N) is 1. The van der Waals surface area contributed by atoms with Crippen molar-refractivity contribution in [2.75, 3.05) is 6.61 Å². The smallest absolute Gasteiger partial charge is 0.330 e. The molecule has 0 aliphatic carbocycles. The van der Waals surface area contributed by atoms with Gasteiger partial charge < -0.3 is 18.9 Å². The van der Waals surface area contributed by atoms with E-state index in [0.29, 0.717) is 5.56 Å². The molecule has 0 bridgehead atoms. The van der Waals surface area contributed by atoms with Crippen molar-refractivity contribution in [3.05, 3.63) is 57.4 Å². The van der Waals surface area contributed by atoms with E-state index in [9.17, 15) is 24.0 Å². The zero-order chi connectivity index (χ0) is 25.5. The molecule has 1 aliphatic rings. The van der Waals surface area contributed by atoms with Crippen molar-refractivity contribution in [1.82, 2.24) is 9.55 Å². The summed E-state index contributed by atoms with van der Waals surface area (Å²) in [5.41, 5.74) is -1.06. The van der Waals surface area contributed by atoms with Crippen LogP contribution in [0.5, 0.6) is 0 Å². The van der Waals surface area contributed by atoms with E-state index in [2.05, 4.69) is 4.98 Å². The van der Waals surface area contributed by atoms with Crippen molar-refractivity contribution in [3.63, 3.8) is 0 Å². The van der Waals surface area contributed by atoms with Crippen LogP contribution >= 0.6 is 0 Å². The predicted molar refractivity (Wildman–Crippen MR) is 108 cm³/mol. The SMILES string of the molecule is [2H]CC(=O)OC[C@H]1OC(n2cc(-c3ccccc3)c(=O)[nH]c2=O)[C@H](OC(=O)C[2H])[C@H]1OC(=O)C[2H]. The first-order valence-corrected chi connectivity index (χ1v) is 9.27. The van der Waals surface area contributed by atoms with Gasteiger partial charge in [-0.2, -0.15) is 0 Å². The van der Waals surface area contributed by atoms with Gasteiger partial charge in [0.1, 0.15) is 12.7 Å². The lowest BCUT2D eigenvalue weighted by molar-refractivity contribution is -0.166. The third kappa shape index (κ3) is 5.11. The van der Waals surface area contributed by atoms with E-state index >= 15 is 0 Å². The van der Waals surface area contributed by atoms with Crippen molar-refractivity contribution >= 4 is 17.9 Å². The van der Waals surface area contributed by atoms with Gasteiger partial charge in [-0.25, -0.2) is 4.79 Å². The number of aromatic nitrogens is 2. The van der Waals surface area contributed by atoms with Crippen LogP contribution in [0.2, 0.25) is 0 Å². The van der Waals surface area contributed by atoms with Crippen molar-refractivity contribution in [3.8, 4) is 11.1 Å². The van der Waals surface area contributed by atoms with Gasteiger partial charge in [-0.05, 0) is 5.56 Å². The van der Waals surface area contributed by atoms with Gasteiger partial charge in [0.05, 0.1) is 5.56 Å². The first-order chi connectivity index (χ1) is 16.8. The molecule has 32 heavy (non-hydrogen) atoms. The number of nitrogens with one attached hydrogen (secondary N) is 1. The molecule has 1 aromatic carbocycles. The summed E-state index contributed by atoms with van der Waals surface area (Å²) in [6.07, 6.45) is -4.44. The highest BCUT2D eigenvalue weighted by molar-refractivity contribution is 5.68. The predicted octanol–water partition coefficient (Wildman–Crippen LogP) is 0.527. The van der Waals surface area contributed by atoms with E-state index in [1.54, 1.807) is 30.3 Å². The van der Waals surface area contributed by atoms with E-state index < -0.39 is 81.0 Å². The van der Waals surface area contributed by atoms with E-state index in [1.165, 1.54) is 6.20 Å². The summed E-state index contributed by atoms with van der Waals surface area (Å²) in [4.78, 5) is 62.7. The van der Waals surface area contributed by atoms with Crippen LogP contribution in [0, 0.1) is 0 Å². The summed E-state index contributed by atoms with van der Waals surface area (Å²) in [5.74, 6) is -2.95. The fourth-order valence-electron chi connectivity index (χ4n) is 3.31. The van der Waals surface area contributed by atoms with Crippen molar-refractivity contribution in [2.45, 2.75) is 45.2 Å². The zero-order valence-electron chi connectivity index (χ0n) is 19.7. The lowest BCUT2D eigenvalue weighted by Crippen LogP contribution is -2.42. The maximum atomic E-state index is 12.7. The van der Waals surface area contributed by atoms with Gasteiger partial charge in [-0.3, -0.25) is 28.7 Å². The second-order valence-corrected chi connectivity index (χ2v) is 6.73. The standard InChI is InChI=1S/C21H22N2O9/c1-11(24)29-10-16-17(30-12(2)25)18(31-13(3)26)20(32-16)23-9-15(19(27)22-21(23)28)14-7-5-4-6-8-14/h4-9,16-18,20H,10H2,1-3H3,(H,22,27,28)/t16-,17+,18-,20?/m1/s1/i1D,2D,3D. The van der Waals surface area contributed by atoms with Crippen LogP contribution < -0.4 is 11.2 Å². The van der Waals surface area contributed by atoms with E-state index in [0.717, 1.165) is 4.57 Å². The number of rotatable bonds is 6. The number of benzene rings is 1. The van der Waals surface area contributed by atoms with Gasteiger partial charge in [-0.15, -0.1) is 0 Å². The van der Waals surface area contributed by atoms with Gasteiger partial charge >= 0.3 is 23.6 Å². The molecule has 170 valence electrons. The number of esters is 3. The lowest BCUT2D eigenvalue weighted by Gasteiger charge is -2.24. The number of ether oxygens (including phenoxy) is 4. The zero-order valence-corrected chi connectivity index (χ0v) is 16.7. The van der Waals surface area contributed by atoms with Gasteiger partial charge in [0.2, 0.25) is 0 Å². The normalized spacial score (nSPS) is 23.4. The van der Waals surface area contributed by atoms with Crippen molar-refractivity contribution in [2.24, 2.45) is 0 Å². The van der Waals surface area contributed by atoms with E-state index in [4.69, 9.17) is 23.1 Å². The van der Waals surface area contributed by atoms with Crippen LogP contribution in [0.15, 0.2) is 46.1 Å². The average Bonchev–Trinajstić information content (AvgIpc) is 3.19. The Morgan fingerprint density at radius 2 is 1.69 bits per heavy atom. The van der Waals surface area contributed by atoms with Crippen LogP contribution in [0.25, 0.3) is 11.1 Å². The summed E-state index contributed by atoms with van der Waals surface area (Å²) >= 11 is 0. The molecule has 1 unspecified atom stereocenters. The molecular weight excluding hydrogens is 424 g/mol. The molecule has 2 aromatic rings. The molecule has 4 atom stereocenters. The lowest BCUT2D eigenvalue weighted by atomic mass is 10.1. The van der Waals surface area contributed by atoms with Gasteiger partial charge in [0.25, 0.3) is 5.56 Å². The molecule has 1 aliphatic heterocycles. The Hall–Kier alpha value is -3.73. The second-order valence-electron chi connectivity index (χ2n) is 6.73. The summed E-state index contributed by atoms with van der Waals surface area (Å²) in [6, 6.07) is 8.37. The number of H-pyrrole nitrogens is 1. The highest BCUT2D eigenvalue weighted by Crippen LogP contribution is 2.34. The highest BCUT2D eigenvalue weighted by Gasteiger charge is 2.51. The average molecular weight is 449 g/mol. The molecule has 0 saturated carbocycles. The monoisotopic (exact) mass is 449 g/mol. The molecule has 1 N–H and O–H groups in total. The third-order valence-corrected chi connectivity index (χ3v) is 4.56. The largest absolute Gasteiger partial charge is 0.463 e. The van der Waals surface area contributed by atoms with Gasteiger partial charge in [0, 0.05) is 31.0 Å². The summed E-state index contributed by atoms with van der Waals surface area (Å²) in [6.45, 7) is -2.79. The van der Waals surface area contributed by atoms with Crippen molar-refractivity contribution in [1.29, 1.82) is 0 Å². The molecule has 0 amide bonds. The molecule has 3 rings (SSSR count). The topological polar surface area (TPSA) is 143 Å². The molecule has 11 nitrogen and oxygen atoms in total. The minimum atomic E-state index is -1.49. The van der Waals surface area contributed by atoms with Crippen LogP contribution in [0.1, 0.15) is 31.0 Å². The highest BCUT2D eigenvalue weighted by atomic mass is 16.7. The van der Waals surface area contributed by atoms with Gasteiger partial charge in [0.15, 0.2) is 18.4 Å². The van der Waals surface area contributed by atoms with Crippen LogP contribution in [-0.2, 0) is 33.3 Å². The van der Waals surface area contributed by atoms with Gasteiger partial charge in [-0.1, -0.05) is 30.3 Å². The number of carbonyl (C=O) groups excluding carboxylic acids is 3. The Morgan fingerprint density at radius 3 is 2.34 bits per heavy atom. The molecule has 0 radical (unpaired) electrons. The Kier molecular flexibility index (Phi) is 5.70. The Labute approximate surface area is 186 Å². The first-order valence-electron chi connectivity index (χ1n) is 11.4. The van der Waals surface area contributed by atoms with Crippen molar-refractivity contribution < 1.29 is 37.4 Å². The quantitative estimate of drug-likeness (QED) is 0.493. The fourth-order valence-corrected chi connectivity index (χ4v) is 3.31. The summed E-state index contributed by atoms with van der Waals surface area (Å²) < 4.78 is 43.7. The van der Waals surface area contributed by atoms with Crippen LogP contribution in [0.4, 0.5) is 0 Å². The second kappa shape index (κ2) is 9.60. The Morgan fingerprint density at radius 1 is 1.03 bits per heavy atom. The maximum Gasteiger partial charge on any atom is 0.330 e. The van der Waals surface area contributed by atoms with E-state index in [1.807, 2.05) is 0 Å². The Balaban J connectivity index is 2.07. The molecule has 2 heterocycles. The van der Waals surface area contributed by atoms with Crippen LogP contribution in [-0.4, -0.2) is 52.4 Å². The molecule has 11 heteroatoms. The van der Waals surface area contributed by atoms with Crippen LogP contribution in [0.3, 0.4) is 0 Å².